The van der Waals surface area contributed by atoms with Gasteiger partial charge in [-0.05, 0) is 93.7 Å². The van der Waals surface area contributed by atoms with Gasteiger partial charge in [0.2, 0.25) is 5.91 Å². The molecule has 0 heterocycles. The van der Waals surface area contributed by atoms with Gasteiger partial charge in [-0.2, -0.15) is 0 Å². The first-order chi connectivity index (χ1) is 18.8. The Bertz CT molecular complexity index is 984. The minimum atomic E-state index is -0.862. The molecule has 0 aromatic heterocycles. The van der Waals surface area contributed by atoms with Crippen molar-refractivity contribution in [2.75, 3.05) is 63.9 Å². The number of ether oxygens (including phenoxy) is 4. The van der Waals surface area contributed by atoms with E-state index >= 15 is 0 Å². The molecule has 0 spiro atoms. The molecule has 0 aliphatic rings. The first-order valence-electron chi connectivity index (χ1n) is 11.7. The zero-order valence-electron chi connectivity index (χ0n) is 21.6. The standard InChI is InChI=1S/C14H16INO3.C8H12O4.C6H6IN/c1-2-8-18-10-11-19-9-7-14(17)16-13-5-3-12(15)4-6-13;1-2-4-11-6-7-12-5-3-8(9)10;7-5-1-3-6(8)4-2-5/h1,3-6H,7-11H2,(H,16,17);1H,3-7H2,(H,9,10);1-4H,8H2. The number of hydrogen-bond acceptors (Lipinski definition) is 7. The first-order valence-corrected chi connectivity index (χ1v) is 13.9. The lowest BCUT2D eigenvalue weighted by Gasteiger charge is -2.06. The van der Waals surface area contributed by atoms with Gasteiger partial charge in [0.25, 0.3) is 0 Å². The van der Waals surface area contributed by atoms with Gasteiger partial charge in [-0.1, -0.05) is 11.8 Å². The maximum Gasteiger partial charge on any atom is 0.305 e. The molecule has 0 aliphatic heterocycles. The second kappa shape index (κ2) is 25.9. The second-order valence-electron chi connectivity index (χ2n) is 7.24. The smallest absolute Gasteiger partial charge is 0.305 e. The Morgan fingerprint density at radius 3 is 1.62 bits per heavy atom. The lowest BCUT2D eigenvalue weighted by atomic mass is 10.3. The van der Waals surface area contributed by atoms with Crippen LogP contribution in [0.3, 0.4) is 0 Å². The third kappa shape index (κ3) is 25.6. The van der Waals surface area contributed by atoms with E-state index in [9.17, 15) is 9.59 Å². The molecule has 2 rings (SSSR count). The van der Waals surface area contributed by atoms with Crippen molar-refractivity contribution >= 4 is 68.4 Å². The number of anilines is 2. The van der Waals surface area contributed by atoms with Gasteiger partial charge in [-0.15, -0.1) is 12.8 Å². The SMILES string of the molecule is C#CCOCCOCCC(=O)Nc1ccc(I)cc1.C#CCOCCOCCC(=O)O.Nc1ccc(I)cc1. The highest BCUT2D eigenvalue weighted by Gasteiger charge is 2.02. The number of carbonyl (C=O) groups is 2. The van der Waals surface area contributed by atoms with E-state index in [0.29, 0.717) is 39.5 Å². The fourth-order valence-electron chi connectivity index (χ4n) is 2.25. The van der Waals surface area contributed by atoms with E-state index in [4.69, 9.17) is 42.6 Å². The Morgan fingerprint density at radius 1 is 0.744 bits per heavy atom. The molecule has 0 atom stereocenters. The summed E-state index contributed by atoms with van der Waals surface area (Å²) in [6.45, 7) is 2.82. The Kier molecular flexibility index (Phi) is 24.3. The van der Waals surface area contributed by atoms with Crippen LogP contribution in [0.15, 0.2) is 48.5 Å². The van der Waals surface area contributed by atoms with Crippen molar-refractivity contribution in [1.82, 2.24) is 0 Å². The molecule has 39 heavy (non-hydrogen) atoms. The number of rotatable bonds is 15. The highest BCUT2D eigenvalue weighted by Crippen LogP contribution is 2.11. The van der Waals surface area contributed by atoms with Crippen molar-refractivity contribution in [2.24, 2.45) is 0 Å². The van der Waals surface area contributed by atoms with Gasteiger partial charge in [-0.3, -0.25) is 9.59 Å². The maximum atomic E-state index is 11.6. The number of carboxylic acids is 1. The molecular formula is C28H34I2N2O7. The number of carbonyl (C=O) groups excluding carboxylic acids is 1. The van der Waals surface area contributed by atoms with Crippen molar-refractivity contribution < 1.29 is 33.6 Å². The topological polar surface area (TPSA) is 129 Å². The molecule has 11 heteroatoms. The molecule has 9 nitrogen and oxygen atoms in total. The molecule has 2 aromatic carbocycles. The number of carboxylic acid groups (broad SMARTS) is 1. The number of nitrogens with one attached hydrogen (secondary N) is 1. The Labute approximate surface area is 257 Å². The molecule has 0 radical (unpaired) electrons. The lowest BCUT2D eigenvalue weighted by molar-refractivity contribution is -0.138. The third-order valence-corrected chi connectivity index (χ3v) is 5.48. The zero-order valence-corrected chi connectivity index (χ0v) is 25.9. The molecule has 0 saturated carbocycles. The van der Waals surface area contributed by atoms with E-state index in [-0.39, 0.29) is 32.1 Å². The summed E-state index contributed by atoms with van der Waals surface area (Å²) in [7, 11) is 0. The van der Waals surface area contributed by atoms with Gasteiger partial charge in [0, 0.05) is 18.5 Å². The molecule has 4 N–H and O–H groups in total. The number of terminal acetylenes is 2. The van der Waals surface area contributed by atoms with E-state index in [1.165, 1.54) is 3.57 Å². The van der Waals surface area contributed by atoms with Crippen LogP contribution in [-0.2, 0) is 28.5 Å². The summed E-state index contributed by atoms with van der Waals surface area (Å²) in [6.07, 6.45) is 10.3. The van der Waals surface area contributed by atoms with Crippen LogP contribution < -0.4 is 11.1 Å². The quantitative estimate of drug-likeness (QED) is 0.106. The van der Waals surface area contributed by atoms with E-state index in [0.717, 1.165) is 14.9 Å². The van der Waals surface area contributed by atoms with Gasteiger partial charge < -0.3 is 35.1 Å². The van der Waals surface area contributed by atoms with E-state index in [1.807, 2.05) is 48.5 Å². The Hall–Kier alpha value is -2.40. The second-order valence-corrected chi connectivity index (χ2v) is 9.73. The van der Waals surface area contributed by atoms with Gasteiger partial charge in [0.15, 0.2) is 0 Å². The normalized spacial score (nSPS) is 9.54. The molecule has 0 unspecified atom stereocenters. The summed E-state index contributed by atoms with van der Waals surface area (Å²) in [5, 5.41) is 11.0. The Morgan fingerprint density at radius 2 is 1.18 bits per heavy atom. The number of halogens is 2. The molecule has 0 saturated heterocycles. The minimum absolute atomic E-state index is 0.0230. The van der Waals surface area contributed by atoms with Crippen molar-refractivity contribution in [1.29, 1.82) is 0 Å². The third-order valence-electron chi connectivity index (χ3n) is 4.05. The van der Waals surface area contributed by atoms with Crippen molar-refractivity contribution in [3.63, 3.8) is 0 Å². The highest BCUT2D eigenvalue weighted by atomic mass is 127. The number of nitrogens with two attached hydrogens (primary N) is 1. The van der Waals surface area contributed by atoms with Crippen LogP contribution in [0.25, 0.3) is 0 Å². The minimum Gasteiger partial charge on any atom is -0.481 e. The van der Waals surface area contributed by atoms with Crippen molar-refractivity contribution in [3.05, 3.63) is 55.7 Å². The summed E-state index contributed by atoms with van der Waals surface area (Å²) < 4.78 is 22.4. The number of hydrogen-bond donors (Lipinski definition) is 3. The number of nitrogen functional groups attached to an aromatic ring is 1. The summed E-state index contributed by atoms with van der Waals surface area (Å²) >= 11 is 4.46. The predicted octanol–water partition coefficient (Wildman–Crippen LogP) is 4.29. The van der Waals surface area contributed by atoms with Crippen LogP contribution in [-0.4, -0.2) is 69.8 Å². The number of benzene rings is 2. The molecule has 2 aromatic rings. The highest BCUT2D eigenvalue weighted by molar-refractivity contribution is 14.1. The molecule has 0 fully saturated rings. The van der Waals surface area contributed by atoms with Crippen LogP contribution in [0.4, 0.5) is 11.4 Å². The van der Waals surface area contributed by atoms with Gasteiger partial charge in [0.05, 0.1) is 52.5 Å². The maximum absolute atomic E-state index is 11.6. The predicted molar refractivity (Wildman–Crippen MR) is 169 cm³/mol. The monoisotopic (exact) mass is 764 g/mol. The summed E-state index contributed by atoms with van der Waals surface area (Å²) in [6, 6.07) is 15.4. The first kappa shape index (κ1) is 36.6. The molecular weight excluding hydrogens is 730 g/mol. The van der Waals surface area contributed by atoms with E-state index in [2.05, 4.69) is 62.3 Å². The number of aliphatic carboxylic acids is 1. The fraction of sp³-hybridized carbons (Fsp3) is 0.357. The zero-order chi connectivity index (χ0) is 29.1. The molecule has 0 aliphatic carbocycles. The average molecular weight is 764 g/mol. The van der Waals surface area contributed by atoms with Gasteiger partial charge >= 0.3 is 5.97 Å². The molecule has 0 bridgehead atoms. The van der Waals surface area contributed by atoms with Crippen LogP contribution >= 0.6 is 45.2 Å². The molecule has 212 valence electrons. The van der Waals surface area contributed by atoms with Gasteiger partial charge in [-0.25, -0.2) is 0 Å². The van der Waals surface area contributed by atoms with Crippen LogP contribution in [0.2, 0.25) is 0 Å². The van der Waals surface area contributed by atoms with E-state index < -0.39 is 5.97 Å². The van der Waals surface area contributed by atoms with Gasteiger partial charge in [0.1, 0.15) is 13.2 Å². The molecule has 1 amide bonds. The average Bonchev–Trinajstić information content (AvgIpc) is 2.91. The largest absolute Gasteiger partial charge is 0.481 e. The summed E-state index contributed by atoms with van der Waals surface area (Å²) in [5.74, 6) is 3.74. The summed E-state index contributed by atoms with van der Waals surface area (Å²) in [4.78, 5) is 21.6. The van der Waals surface area contributed by atoms with Crippen molar-refractivity contribution in [3.8, 4) is 24.7 Å². The van der Waals surface area contributed by atoms with Crippen molar-refractivity contribution in [2.45, 2.75) is 12.8 Å². The lowest BCUT2D eigenvalue weighted by Crippen LogP contribution is -2.15. The number of amides is 1. The van der Waals surface area contributed by atoms with E-state index in [1.54, 1.807) is 0 Å². The van der Waals surface area contributed by atoms with Crippen LogP contribution in [0, 0.1) is 31.8 Å². The fourth-order valence-corrected chi connectivity index (χ4v) is 2.97. The van der Waals surface area contributed by atoms with Crippen LogP contribution in [0.5, 0.6) is 0 Å². The summed E-state index contributed by atoms with van der Waals surface area (Å²) in [5.41, 5.74) is 7.04. The van der Waals surface area contributed by atoms with Crippen LogP contribution in [0.1, 0.15) is 12.8 Å². The Balaban J connectivity index is 0.000000614.